The molecule has 3 aromatic rings. The molecule has 0 atom stereocenters. The number of nitrogens with zero attached hydrogens (tertiary/aromatic N) is 2. The Morgan fingerprint density at radius 1 is 1.27 bits per heavy atom. The first-order valence-corrected chi connectivity index (χ1v) is 6.83. The van der Waals surface area contributed by atoms with Gasteiger partial charge in [0.1, 0.15) is 11.3 Å². The first-order valence-electron chi connectivity index (χ1n) is 6.83. The number of ether oxygens (including phenoxy) is 1. The van der Waals surface area contributed by atoms with E-state index in [9.17, 15) is 4.39 Å². The van der Waals surface area contributed by atoms with Crippen molar-refractivity contribution in [2.45, 2.75) is 0 Å². The number of fused-ring (bicyclic) bond motifs is 1. The fourth-order valence-electron chi connectivity index (χ4n) is 2.39. The van der Waals surface area contributed by atoms with Gasteiger partial charge in [0.05, 0.1) is 13.3 Å². The third-order valence-electron chi connectivity index (χ3n) is 3.65. The Morgan fingerprint density at radius 3 is 2.64 bits per heavy atom. The number of pyridine rings is 1. The van der Waals surface area contributed by atoms with E-state index < -0.39 is 0 Å². The van der Waals surface area contributed by atoms with Crippen molar-refractivity contribution in [3.8, 4) is 16.9 Å². The van der Waals surface area contributed by atoms with Gasteiger partial charge in [-0.3, -0.25) is 0 Å². The van der Waals surface area contributed by atoms with E-state index in [0.717, 1.165) is 11.3 Å². The fourth-order valence-corrected chi connectivity index (χ4v) is 2.39. The standard InChI is InChI=1S/C17H16FN3O/c1-11(19-2)15-10-20-21-9-8-14(16(18)17(15)21)12-4-6-13(22-3)7-5-12/h4-10,19H,1H2,2-3H3. The summed E-state index contributed by atoms with van der Waals surface area (Å²) in [5, 5.41) is 7.10. The van der Waals surface area contributed by atoms with Crippen LogP contribution in [0.1, 0.15) is 5.56 Å². The summed E-state index contributed by atoms with van der Waals surface area (Å²) in [4.78, 5) is 0. The number of halogens is 1. The van der Waals surface area contributed by atoms with Crippen LogP contribution in [0.15, 0.2) is 49.3 Å². The summed E-state index contributed by atoms with van der Waals surface area (Å²) in [5.74, 6) is 0.412. The molecule has 0 unspecified atom stereocenters. The summed E-state index contributed by atoms with van der Waals surface area (Å²) in [6, 6.07) is 8.99. The molecule has 0 saturated carbocycles. The maximum Gasteiger partial charge on any atom is 0.157 e. The van der Waals surface area contributed by atoms with Gasteiger partial charge < -0.3 is 10.1 Å². The molecule has 0 aliphatic carbocycles. The van der Waals surface area contributed by atoms with Gasteiger partial charge in [-0.05, 0) is 23.8 Å². The van der Waals surface area contributed by atoms with Crippen molar-refractivity contribution in [1.82, 2.24) is 14.9 Å². The zero-order valence-electron chi connectivity index (χ0n) is 12.4. The van der Waals surface area contributed by atoms with E-state index >= 15 is 0 Å². The number of benzene rings is 1. The molecule has 22 heavy (non-hydrogen) atoms. The number of nitrogens with one attached hydrogen (secondary N) is 1. The summed E-state index contributed by atoms with van der Waals surface area (Å²) >= 11 is 0. The maximum absolute atomic E-state index is 15.0. The first kappa shape index (κ1) is 14.1. The van der Waals surface area contributed by atoms with Gasteiger partial charge in [0.2, 0.25) is 0 Å². The summed E-state index contributed by atoms with van der Waals surface area (Å²) in [6.07, 6.45) is 3.35. The molecule has 1 aromatic carbocycles. The monoisotopic (exact) mass is 297 g/mol. The Morgan fingerprint density at radius 2 is 2.00 bits per heavy atom. The molecule has 0 radical (unpaired) electrons. The van der Waals surface area contributed by atoms with Crippen LogP contribution in [0.4, 0.5) is 4.39 Å². The molecule has 112 valence electrons. The fraction of sp³-hybridized carbons (Fsp3) is 0.118. The van der Waals surface area contributed by atoms with Crippen LogP contribution in [0, 0.1) is 5.82 Å². The molecule has 2 aromatic heterocycles. The second kappa shape index (κ2) is 5.52. The zero-order valence-corrected chi connectivity index (χ0v) is 12.4. The molecule has 0 saturated heterocycles. The predicted molar refractivity (Wildman–Crippen MR) is 85.2 cm³/mol. The molecule has 0 aliphatic rings. The Bertz CT molecular complexity index is 837. The van der Waals surface area contributed by atoms with Gasteiger partial charge in [-0.1, -0.05) is 18.7 Å². The van der Waals surface area contributed by atoms with Crippen molar-refractivity contribution in [2.24, 2.45) is 0 Å². The third kappa shape index (κ3) is 2.20. The van der Waals surface area contributed by atoms with Crippen LogP contribution in [0.2, 0.25) is 0 Å². The minimum absolute atomic E-state index is 0.323. The topological polar surface area (TPSA) is 38.6 Å². The van der Waals surface area contributed by atoms with Crippen LogP contribution in [0.3, 0.4) is 0 Å². The lowest BCUT2D eigenvalue weighted by atomic mass is 10.0. The van der Waals surface area contributed by atoms with Crippen molar-refractivity contribution in [1.29, 1.82) is 0 Å². The van der Waals surface area contributed by atoms with Crippen LogP contribution in [0.5, 0.6) is 5.75 Å². The number of hydrogen-bond donors (Lipinski definition) is 1. The highest BCUT2D eigenvalue weighted by atomic mass is 19.1. The highest BCUT2D eigenvalue weighted by molar-refractivity contribution is 5.80. The highest BCUT2D eigenvalue weighted by Gasteiger charge is 2.16. The smallest absolute Gasteiger partial charge is 0.157 e. The number of hydrogen-bond acceptors (Lipinski definition) is 3. The molecule has 0 amide bonds. The van der Waals surface area contributed by atoms with Gasteiger partial charge in [-0.15, -0.1) is 0 Å². The summed E-state index contributed by atoms with van der Waals surface area (Å²) in [5.41, 5.74) is 2.98. The minimum atomic E-state index is -0.323. The minimum Gasteiger partial charge on any atom is -0.497 e. The predicted octanol–water partition coefficient (Wildman–Crippen LogP) is 3.34. The van der Waals surface area contributed by atoms with Gasteiger partial charge in [0.25, 0.3) is 0 Å². The van der Waals surface area contributed by atoms with Crippen LogP contribution in [0.25, 0.3) is 22.3 Å². The molecule has 0 fully saturated rings. The normalized spacial score (nSPS) is 10.7. The van der Waals surface area contributed by atoms with Crippen molar-refractivity contribution < 1.29 is 9.13 Å². The van der Waals surface area contributed by atoms with Crippen LogP contribution in [-0.2, 0) is 0 Å². The van der Waals surface area contributed by atoms with Crippen molar-refractivity contribution in [3.63, 3.8) is 0 Å². The van der Waals surface area contributed by atoms with Crippen LogP contribution >= 0.6 is 0 Å². The molecule has 1 N–H and O–H groups in total. The van der Waals surface area contributed by atoms with Gasteiger partial charge in [-0.25, -0.2) is 8.91 Å². The van der Waals surface area contributed by atoms with Gasteiger partial charge in [0.15, 0.2) is 5.82 Å². The van der Waals surface area contributed by atoms with E-state index in [1.165, 1.54) is 4.52 Å². The van der Waals surface area contributed by atoms with E-state index in [4.69, 9.17) is 4.74 Å². The highest BCUT2D eigenvalue weighted by Crippen LogP contribution is 2.29. The first-order chi connectivity index (χ1) is 10.7. The molecule has 0 spiro atoms. The Kier molecular flexibility index (Phi) is 3.55. The van der Waals surface area contributed by atoms with E-state index in [-0.39, 0.29) is 5.82 Å². The lowest BCUT2D eigenvalue weighted by Gasteiger charge is -2.08. The maximum atomic E-state index is 15.0. The van der Waals surface area contributed by atoms with Crippen LogP contribution < -0.4 is 10.1 Å². The lowest BCUT2D eigenvalue weighted by Crippen LogP contribution is -2.03. The molecule has 2 heterocycles. The Labute approximate surface area is 127 Å². The zero-order chi connectivity index (χ0) is 15.7. The SMILES string of the molecule is C=C(NC)c1cnn2ccc(-c3ccc(OC)cc3)c(F)c12. The molecule has 0 bridgehead atoms. The molecule has 0 aliphatic heterocycles. The summed E-state index contributed by atoms with van der Waals surface area (Å²) in [7, 11) is 3.35. The van der Waals surface area contributed by atoms with E-state index in [2.05, 4.69) is 17.0 Å². The second-order valence-electron chi connectivity index (χ2n) is 4.85. The average Bonchev–Trinajstić information content (AvgIpc) is 2.99. The van der Waals surface area contributed by atoms with Crippen molar-refractivity contribution >= 4 is 11.2 Å². The van der Waals surface area contributed by atoms with Crippen molar-refractivity contribution in [2.75, 3.05) is 14.2 Å². The number of aromatic nitrogens is 2. The molecule has 5 heteroatoms. The second-order valence-corrected chi connectivity index (χ2v) is 4.85. The van der Waals surface area contributed by atoms with Gasteiger partial charge in [0, 0.05) is 30.1 Å². The summed E-state index contributed by atoms with van der Waals surface area (Å²) < 4.78 is 21.6. The van der Waals surface area contributed by atoms with Crippen LogP contribution in [-0.4, -0.2) is 23.8 Å². The summed E-state index contributed by atoms with van der Waals surface area (Å²) in [6.45, 7) is 3.88. The molecule has 4 nitrogen and oxygen atoms in total. The number of rotatable bonds is 4. The lowest BCUT2D eigenvalue weighted by molar-refractivity contribution is 0.415. The molecule has 3 rings (SSSR count). The van der Waals surface area contributed by atoms with Gasteiger partial charge in [-0.2, -0.15) is 5.10 Å². The average molecular weight is 297 g/mol. The largest absolute Gasteiger partial charge is 0.497 e. The van der Waals surface area contributed by atoms with E-state index in [1.54, 1.807) is 32.6 Å². The van der Waals surface area contributed by atoms with E-state index in [1.807, 2.05) is 24.3 Å². The molecular formula is C17H16FN3O. The third-order valence-corrected chi connectivity index (χ3v) is 3.65. The Hall–Kier alpha value is -2.82. The van der Waals surface area contributed by atoms with E-state index in [0.29, 0.717) is 22.3 Å². The van der Waals surface area contributed by atoms with Gasteiger partial charge >= 0.3 is 0 Å². The molecular weight excluding hydrogens is 281 g/mol. The number of methoxy groups -OCH3 is 1. The van der Waals surface area contributed by atoms with Crippen molar-refractivity contribution in [3.05, 3.63) is 60.7 Å². The Balaban J connectivity index is 2.18. The quantitative estimate of drug-likeness (QED) is 0.802.